The van der Waals surface area contributed by atoms with Gasteiger partial charge in [-0.3, -0.25) is 20.2 Å². The van der Waals surface area contributed by atoms with Gasteiger partial charge in [0.1, 0.15) is 12.9 Å². The second kappa shape index (κ2) is 7.80. The summed E-state index contributed by atoms with van der Waals surface area (Å²) in [7, 11) is 2.70. The van der Waals surface area contributed by atoms with Gasteiger partial charge in [-0.2, -0.15) is 0 Å². The predicted octanol–water partition coefficient (Wildman–Crippen LogP) is 3.05. The van der Waals surface area contributed by atoms with Gasteiger partial charge in [-0.1, -0.05) is 6.07 Å². The van der Waals surface area contributed by atoms with Crippen LogP contribution in [-0.2, 0) is 11.3 Å². The Morgan fingerprint density at radius 1 is 1.07 bits per heavy atom. The molecule has 0 unspecified atom stereocenters. The number of nitro benzene ring substituents is 2. The first-order valence-electron chi connectivity index (χ1n) is 8.04. The molecule has 0 fully saturated rings. The zero-order valence-electron chi connectivity index (χ0n) is 15.2. The van der Waals surface area contributed by atoms with Crippen molar-refractivity contribution >= 4 is 28.5 Å². The number of carbonyl (C=O) groups is 1. The molecule has 0 bridgehead atoms. The molecule has 0 radical (unpaired) electrons. The normalized spacial score (nSPS) is 10.6. The van der Waals surface area contributed by atoms with Crippen LogP contribution >= 0.6 is 0 Å². The molecule has 1 aromatic heterocycles. The summed E-state index contributed by atoms with van der Waals surface area (Å²) in [5, 5.41) is 22.4. The van der Waals surface area contributed by atoms with Crippen molar-refractivity contribution in [3.05, 3.63) is 62.5 Å². The number of para-hydroxylation sites is 1. The zero-order chi connectivity index (χ0) is 21.1. The monoisotopic (exact) mass is 402 g/mol. The summed E-state index contributed by atoms with van der Waals surface area (Å²) in [6, 6.07) is 6.64. The molecule has 0 spiro atoms. The molecule has 0 aliphatic carbocycles. The van der Waals surface area contributed by atoms with Crippen molar-refractivity contribution in [3.63, 3.8) is 0 Å². The summed E-state index contributed by atoms with van der Waals surface area (Å²) in [6.07, 6.45) is 0.181. The highest BCUT2D eigenvalue weighted by Gasteiger charge is 2.22. The number of fused-ring (bicyclic) bond motifs is 1. The minimum atomic E-state index is -0.905. The number of rotatable bonds is 6. The molecule has 29 heavy (non-hydrogen) atoms. The van der Waals surface area contributed by atoms with Gasteiger partial charge in [0.15, 0.2) is 17.0 Å². The van der Waals surface area contributed by atoms with Gasteiger partial charge < -0.3 is 14.2 Å². The molecule has 0 saturated heterocycles. The highest BCUT2D eigenvalue weighted by Crippen LogP contribution is 2.35. The molecule has 0 aliphatic heterocycles. The van der Waals surface area contributed by atoms with Gasteiger partial charge in [0.2, 0.25) is 0 Å². The molecule has 0 aliphatic rings. The lowest BCUT2D eigenvalue weighted by molar-refractivity contribution is -0.385. The highest BCUT2D eigenvalue weighted by atomic mass is 16.6. The molecule has 150 valence electrons. The number of non-ortho nitro benzene ring substituents is 1. The number of nitrogens with zero attached hydrogens (tertiary/aromatic N) is 4. The molecule has 0 saturated carbocycles. The Labute approximate surface area is 162 Å². The molecule has 0 amide bonds. The number of imidazole rings is 1. The van der Waals surface area contributed by atoms with Crippen molar-refractivity contribution in [3.8, 4) is 11.5 Å². The summed E-state index contributed by atoms with van der Waals surface area (Å²) in [6.45, 7) is -0.440. The van der Waals surface area contributed by atoms with Gasteiger partial charge in [-0.05, 0) is 12.1 Å². The van der Waals surface area contributed by atoms with Crippen molar-refractivity contribution in [1.82, 2.24) is 9.55 Å². The molecule has 12 nitrogen and oxygen atoms in total. The van der Waals surface area contributed by atoms with E-state index in [1.165, 1.54) is 38.5 Å². The first-order valence-corrected chi connectivity index (χ1v) is 8.04. The van der Waals surface area contributed by atoms with E-state index in [2.05, 4.69) is 4.98 Å². The number of methoxy groups -OCH3 is 2. The third kappa shape index (κ3) is 3.63. The van der Waals surface area contributed by atoms with Crippen LogP contribution < -0.4 is 9.47 Å². The van der Waals surface area contributed by atoms with Gasteiger partial charge >= 0.3 is 6.09 Å². The number of hydrogen-bond acceptors (Lipinski definition) is 9. The van der Waals surface area contributed by atoms with Crippen LogP contribution in [0.5, 0.6) is 11.5 Å². The number of nitro groups is 2. The third-order valence-corrected chi connectivity index (χ3v) is 4.08. The van der Waals surface area contributed by atoms with Crippen LogP contribution in [0.15, 0.2) is 36.7 Å². The van der Waals surface area contributed by atoms with E-state index in [-0.39, 0.29) is 39.5 Å². The standard InChI is InChI=1S/C17H14N4O8/c1-27-14-6-10(13(21(25)26)7-15(14)28-2)8-29-17(22)19-9-18-16-11(19)4-3-5-12(16)20(23)24/h3-7,9H,8H2,1-2H3. The zero-order valence-corrected chi connectivity index (χ0v) is 15.2. The number of benzene rings is 2. The maximum absolute atomic E-state index is 12.4. The summed E-state index contributed by atoms with van der Waals surface area (Å²) < 4.78 is 16.3. The topological polar surface area (TPSA) is 149 Å². The molecule has 12 heteroatoms. The fourth-order valence-electron chi connectivity index (χ4n) is 2.72. The van der Waals surface area contributed by atoms with E-state index in [1.807, 2.05) is 0 Å². The van der Waals surface area contributed by atoms with Crippen LogP contribution in [0.2, 0.25) is 0 Å². The number of ether oxygens (including phenoxy) is 3. The molecule has 0 N–H and O–H groups in total. The van der Waals surface area contributed by atoms with E-state index < -0.39 is 22.5 Å². The summed E-state index contributed by atoms with van der Waals surface area (Å²) in [5.74, 6) is 0.384. The molecule has 0 atom stereocenters. The Hall–Kier alpha value is -4.22. The lowest BCUT2D eigenvalue weighted by Gasteiger charge is -2.11. The maximum atomic E-state index is 12.4. The van der Waals surface area contributed by atoms with Gasteiger partial charge in [-0.15, -0.1) is 0 Å². The molecule has 1 heterocycles. The molecule has 2 aromatic carbocycles. The second-order valence-corrected chi connectivity index (χ2v) is 5.66. The molecular formula is C17H14N4O8. The van der Waals surface area contributed by atoms with Crippen LogP contribution in [0.4, 0.5) is 16.2 Å². The lowest BCUT2D eigenvalue weighted by Crippen LogP contribution is -2.13. The Morgan fingerprint density at radius 3 is 2.34 bits per heavy atom. The van der Waals surface area contributed by atoms with Crippen LogP contribution in [0.3, 0.4) is 0 Å². The summed E-state index contributed by atoms with van der Waals surface area (Å²) in [5.41, 5.74) is -0.305. The second-order valence-electron chi connectivity index (χ2n) is 5.66. The van der Waals surface area contributed by atoms with E-state index in [0.29, 0.717) is 0 Å². The quantitative estimate of drug-likeness (QED) is 0.448. The number of aromatic nitrogens is 2. The van der Waals surface area contributed by atoms with E-state index in [9.17, 15) is 25.0 Å². The van der Waals surface area contributed by atoms with Gasteiger partial charge in [-0.25, -0.2) is 14.3 Å². The van der Waals surface area contributed by atoms with Crippen LogP contribution in [-0.4, -0.2) is 39.7 Å². The van der Waals surface area contributed by atoms with E-state index in [1.54, 1.807) is 0 Å². The predicted molar refractivity (Wildman–Crippen MR) is 98.2 cm³/mol. The number of hydrogen-bond donors (Lipinski definition) is 0. The fourth-order valence-corrected chi connectivity index (χ4v) is 2.72. The Morgan fingerprint density at radius 2 is 1.72 bits per heavy atom. The smallest absolute Gasteiger partial charge is 0.420 e. The summed E-state index contributed by atoms with van der Waals surface area (Å²) >= 11 is 0. The van der Waals surface area contributed by atoms with E-state index >= 15 is 0 Å². The minimum absolute atomic E-state index is 0.0200. The first kappa shape index (κ1) is 19.5. The van der Waals surface area contributed by atoms with E-state index in [0.717, 1.165) is 17.0 Å². The number of carbonyl (C=O) groups excluding carboxylic acids is 1. The van der Waals surface area contributed by atoms with Crippen molar-refractivity contribution in [2.24, 2.45) is 0 Å². The Kier molecular flexibility index (Phi) is 5.25. The average Bonchev–Trinajstić information content (AvgIpc) is 3.15. The first-order chi connectivity index (χ1) is 13.9. The van der Waals surface area contributed by atoms with Gasteiger partial charge in [0.05, 0.1) is 41.2 Å². The van der Waals surface area contributed by atoms with Crippen LogP contribution in [0.25, 0.3) is 11.0 Å². The van der Waals surface area contributed by atoms with Gasteiger partial charge in [0, 0.05) is 6.07 Å². The summed E-state index contributed by atoms with van der Waals surface area (Å²) in [4.78, 5) is 37.5. The Bertz CT molecular complexity index is 1120. The molecule has 3 aromatic rings. The van der Waals surface area contributed by atoms with Crippen molar-refractivity contribution in [2.75, 3.05) is 14.2 Å². The van der Waals surface area contributed by atoms with Crippen molar-refractivity contribution < 1.29 is 28.9 Å². The lowest BCUT2D eigenvalue weighted by atomic mass is 10.1. The maximum Gasteiger partial charge on any atom is 0.420 e. The van der Waals surface area contributed by atoms with Crippen molar-refractivity contribution in [1.29, 1.82) is 0 Å². The SMILES string of the molecule is COc1cc(COC(=O)n2cnc3c([N+](=O)[O-])cccc32)c([N+](=O)[O-])cc1OC. The fraction of sp³-hybridized carbons (Fsp3) is 0.176. The van der Waals surface area contributed by atoms with Gasteiger partial charge in [0.25, 0.3) is 11.4 Å². The third-order valence-electron chi connectivity index (χ3n) is 4.08. The van der Waals surface area contributed by atoms with E-state index in [4.69, 9.17) is 14.2 Å². The Balaban J connectivity index is 1.90. The van der Waals surface area contributed by atoms with Crippen molar-refractivity contribution in [2.45, 2.75) is 6.61 Å². The van der Waals surface area contributed by atoms with Crippen LogP contribution in [0.1, 0.15) is 5.56 Å². The largest absolute Gasteiger partial charge is 0.493 e. The molecule has 3 rings (SSSR count). The minimum Gasteiger partial charge on any atom is -0.493 e. The highest BCUT2D eigenvalue weighted by molar-refractivity contribution is 5.91. The van der Waals surface area contributed by atoms with Crippen LogP contribution in [0, 0.1) is 20.2 Å². The average molecular weight is 402 g/mol. The molecular weight excluding hydrogens is 388 g/mol.